The van der Waals surface area contributed by atoms with Crippen LogP contribution in [0.3, 0.4) is 0 Å². The Kier molecular flexibility index (Phi) is 4.80. The van der Waals surface area contributed by atoms with Crippen molar-refractivity contribution < 1.29 is 19.4 Å². The molecule has 6 heteroatoms. The highest BCUT2D eigenvalue weighted by Crippen LogP contribution is 2.30. The van der Waals surface area contributed by atoms with Gasteiger partial charge in [0.25, 0.3) is 0 Å². The van der Waals surface area contributed by atoms with Crippen molar-refractivity contribution in [1.82, 2.24) is 5.32 Å². The quantitative estimate of drug-likeness (QED) is 0.689. The summed E-state index contributed by atoms with van der Waals surface area (Å²) in [5.41, 5.74) is 1.39. The van der Waals surface area contributed by atoms with Gasteiger partial charge in [0.05, 0.1) is 24.7 Å². The Morgan fingerprint density at radius 1 is 1.52 bits per heavy atom. The van der Waals surface area contributed by atoms with E-state index in [0.717, 1.165) is 11.4 Å². The van der Waals surface area contributed by atoms with E-state index in [1.807, 2.05) is 6.92 Å². The van der Waals surface area contributed by atoms with Crippen molar-refractivity contribution in [3.63, 3.8) is 0 Å². The molecule has 114 valence electrons. The zero-order valence-electron chi connectivity index (χ0n) is 12.2. The lowest BCUT2D eigenvalue weighted by Gasteiger charge is -2.25. The molecule has 3 N–H and O–H groups in total. The fourth-order valence-electron chi connectivity index (χ4n) is 2.17. The monoisotopic (exact) mass is 292 g/mol. The minimum Gasteiger partial charge on any atom is -0.487 e. The van der Waals surface area contributed by atoms with Gasteiger partial charge in [0.15, 0.2) is 5.78 Å². The molecule has 2 rings (SSSR count). The normalized spacial score (nSPS) is 18.1. The van der Waals surface area contributed by atoms with Gasteiger partial charge in [-0.05, 0) is 32.0 Å². The second-order valence-electron chi connectivity index (χ2n) is 5.20. The third kappa shape index (κ3) is 3.95. The molecule has 0 radical (unpaired) electrons. The van der Waals surface area contributed by atoms with Crippen LogP contribution in [0.25, 0.3) is 0 Å². The fourth-order valence-corrected chi connectivity index (χ4v) is 2.17. The molecular weight excluding hydrogens is 272 g/mol. The molecule has 0 amide bonds. The number of carbonyl (C=O) groups is 2. The molecule has 0 spiro atoms. The van der Waals surface area contributed by atoms with Crippen molar-refractivity contribution >= 4 is 17.4 Å². The first-order valence-corrected chi connectivity index (χ1v) is 7.01. The van der Waals surface area contributed by atoms with Crippen molar-refractivity contribution in [3.05, 3.63) is 23.8 Å². The van der Waals surface area contributed by atoms with Crippen LogP contribution in [0.15, 0.2) is 18.2 Å². The van der Waals surface area contributed by atoms with Gasteiger partial charge in [0.1, 0.15) is 11.9 Å². The molecule has 0 saturated carbocycles. The summed E-state index contributed by atoms with van der Waals surface area (Å²) in [6.45, 7) is 4.68. The molecule has 1 aliphatic heterocycles. The van der Waals surface area contributed by atoms with Gasteiger partial charge in [-0.15, -0.1) is 0 Å². The highest BCUT2D eigenvalue weighted by Gasteiger charge is 2.20. The van der Waals surface area contributed by atoms with Crippen LogP contribution < -0.4 is 15.4 Å². The number of hydrogen-bond acceptors (Lipinski definition) is 5. The van der Waals surface area contributed by atoms with Crippen LogP contribution >= 0.6 is 0 Å². The molecule has 1 aromatic rings. The molecule has 1 aromatic carbocycles. The van der Waals surface area contributed by atoms with Gasteiger partial charge in [-0.25, -0.2) is 0 Å². The molecule has 0 fully saturated rings. The number of hydrogen-bond donors (Lipinski definition) is 3. The number of anilines is 1. The number of Topliss-reactive ketones (excluding diaryl/α,β-unsaturated/α-hetero) is 1. The van der Waals surface area contributed by atoms with Crippen molar-refractivity contribution in [3.8, 4) is 5.75 Å². The third-order valence-corrected chi connectivity index (χ3v) is 3.35. The summed E-state index contributed by atoms with van der Waals surface area (Å²) in [6.07, 6.45) is 0.102. The summed E-state index contributed by atoms with van der Waals surface area (Å²) in [4.78, 5) is 22.8. The Labute approximate surface area is 123 Å². The third-order valence-electron chi connectivity index (χ3n) is 3.35. The number of aliphatic carboxylic acids is 1. The number of ketones is 1. The van der Waals surface area contributed by atoms with Crippen LogP contribution in [-0.2, 0) is 4.79 Å². The van der Waals surface area contributed by atoms with E-state index in [9.17, 15) is 9.59 Å². The first-order chi connectivity index (χ1) is 9.97. The van der Waals surface area contributed by atoms with Gasteiger partial charge >= 0.3 is 5.97 Å². The van der Waals surface area contributed by atoms with Crippen LogP contribution in [0.2, 0.25) is 0 Å². The Bertz CT molecular complexity index is 544. The van der Waals surface area contributed by atoms with Gasteiger partial charge in [-0.2, -0.15) is 0 Å². The van der Waals surface area contributed by atoms with Crippen LogP contribution in [0, 0.1) is 0 Å². The maximum absolute atomic E-state index is 12.3. The highest BCUT2D eigenvalue weighted by atomic mass is 16.5. The van der Waals surface area contributed by atoms with Crippen LogP contribution in [0.1, 0.15) is 30.6 Å². The number of carbonyl (C=O) groups excluding carboxylic acids is 1. The van der Waals surface area contributed by atoms with Crippen LogP contribution in [0.4, 0.5) is 5.69 Å². The van der Waals surface area contributed by atoms with Gasteiger partial charge < -0.3 is 20.5 Å². The smallest absolute Gasteiger partial charge is 0.304 e. The molecule has 0 bridgehead atoms. The molecule has 6 nitrogen and oxygen atoms in total. The highest BCUT2D eigenvalue weighted by molar-refractivity contribution is 6.01. The molecule has 0 saturated heterocycles. The van der Waals surface area contributed by atoms with Crippen LogP contribution in [-0.4, -0.2) is 42.1 Å². The summed E-state index contributed by atoms with van der Waals surface area (Å²) < 4.78 is 5.66. The van der Waals surface area contributed by atoms with Gasteiger partial charge in [0.2, 0.25) is 0 Å². The lowest BCUT2D eigenvalue weighted by atomic mass is 10.0. The molecule has 2 atom stereocenters. The summed E-state index contributed by atoms with van der Waals surface area (Å²) in [6, 6.07) is 4.87. The predicted octanol–water partition coefficient (Wildman–Crippen LogP) is 1.51. The summed E-state index contributed by atoms with van der Waals surface area (Å²) in [5.74, 6) is -0.202. The molecule has 0 aliphatic carbocycles. The molecule has 2 unspecified atom stereocenters. The second kappa shape index (κ2) is 6.58. The first kappa shape index (κ1) is 15.3. The zero-order chi connectivity index (χ0) is 15.4. The minimum absolute atomic E-state index is 0.00487. The Balaban J connectivity index is 2.01. The first-order valence-electron chi connectivity index (χ1n) is 7.01. The maximum atomic E-state index is 12.3. The Morgan fingerprint density at radius 3 is 3.00 bits per heavy atom. The summed E-state index contributed by atoms with van der Waals surface area (Å²) in [5, 5.41) is 14.7. The van der Waals surface area contributed by atoms with Crippen molar-refractivity contribution in [2.24, 2.45) is 0 Å². The average molecular weight is 292 g/mol. The molecule has 0 aromatic heterocycles. The molecular formula is C15H20N2O4. The summed E-state index contributed by atoms with van der Waals surface area (Å²) in [7, 11) is 0. The lowest BCUT2D eigenvalue weighted by Crippen LogP contribution is -2.35. The van der Waals surface area contributed by atoms with Crippen molar-refractivity contribution in [1.29, 1.82) is 0 Å². The number of rotatable bonds is 6. The maximum Gasteiger partial charge on any atom is 0.304 e. The van der Waals surface area contributed by atoms with E-state index in [4.69, 9.17) is 9.84 Å². The predicted molar refractivity (Wildman–Crippen MR) is 79.1 cm³/mol. The molecule has 21 heavy (non-hydrogen) atoms. The Morgan fingerprint density at radius 2 is 2.29 bits per heavy atom. The van der Waals surface area contributed by atoms with E-state index >= 15 is 0 Å². The van der Waals surface area contributed by atoms with Crippen molar-refractivity contribution in [2.45, 2.75) is 32.4 Å². The number of nitrogens with one attached hydrogen (secondary N) is 2. The fraction of sp³-hybridized carbons (Fsp3) is 0.467. The van der Waals surface area contributed by atoms with E-state index in [0.29, 0.717) is 12.1 Å². The van der Waals surface area contributed by atoms with E-state index in [1.165, 1.54) is 0 Å². The van der Waals surface area contributed by atoms with E-state index < -0.39 is 12.0 Å². The van der Waals surface area contributed by atoms with E-state index in [-0.39, 0.29) is 24.9 Å². The SMILES string of the molecule is CC1CNc2cc(C(=O)C(C)NCCC(=O)O)ccc2O1. The summed E-state index contributed by atoms with van der Waals surface area (Å²) >= 11 is 0. The largest absolute Gasteiger partial charge is 0.487 e. The minimum atomic E-state index is -0.883. The van der Waals surface area contributed by atoms with Crippen LogP contribution in [0.5, 0.6) is 5.75 Å². The Hall–Kier alpha value is -2.08. The topological polar surface area (TPSA) is 87.7 Å². The zero-order valence-corrected chi connectivity index (χ0v) is 12.2. The molecule has 1 heterocycles. The number of ether oxygens (including phenoxy) is 1. The van der Waals surface area contributed by atoms with E-state index in [2.05, 4.69) is 10.6 Å². The molecule has 1 aliphatic rings. The van der Waals surface area contributed by atoms with Gasteiger partial charge in [0, 0.05) is 12.1 Å². The van der Waals surface area contributed by atoms with Gasteiger partial charge in [-0.1, -0.05) is 0 Å². The van der Waals surface area contributed by atoms with E-state index in [1.54, 1.807) is 25.1 Å². The second-order valence-corrected chi connectivity index (χ2v) is 5.20. The number of carboxylic acids is 1. The number of benzene rings is 1. The number of carboxylic acid groups (broad SMARTS) is 1. The average Bonchev–Trinajstić information content (AvgIpc) is 2.45. The lowest BCUT2D eigenvalue weighted by molar-refractivity contribution is -0.136. The standard InChI is InChI=1S/C15H20N2O4/c1-9-8-17-12-7-11(3-4-13(12)21-9)15(20)10(2)16-6-5-14(18)19/h3-4,7,9-10,16-17H,5-6,8H2,1-2H3,(H,18,19). The van der Waals surface area contributed by atoms with Gasteiger partial charge in [-0.3, -0.25) is 9.59 Å². The number of fused-ring (bicyclic) bond motifs is 1. The van der Waals surface area contributed by atoms with Crippen molar-refractivity contribution in [2.75, 3.05) is 18.4 Å².